The Kier molecular flexibility index (Phi) is 5.11. The summed E-state index contributed by atoms with van der Waals surface area (Å²) < 4.78 is 24.4. The van der Waals surface area contributed by atoms with Crippen molar-refractivity contribution in [3.63, 3.8) is 0 Å². The van der Waals surface area contributed by atoms with Crippen LogP contribution >= 0.6 is 0 Å². The van der Waals surface area contributed by atoms with Crippen LogP contribution in [0.5, 0.6) is 17.4 Å². The number of hydrogen-bond acceptors (Lipinski definition) is 4. The Bertz CT molecular complexity index is 603. The molecule has 0 saturated heterocycles. The fourth-order valence-electron chi connectivity index (χ4n) is 1.81. The number of hydrogen-bond donors (Lipinski definition) is 1. The van der Waals surface area contributed by atoms with E-state index in [4.69, 9.17) is 9.47 Å². The van der Waals surface area contributed by atoms with Gasteiger partial charge in [-0.1, -0.05) is 26.0 Å². The van der Waals surface area contributed by atoms with Gasteiger partial charge >= 0.3 is 0 Å². The van der Waals surface area contributed by atoms with Crippen molar-refractivity contribution >= 4 is 0 Å². The van der Waals surface area contributed by atoms with Gasteiger partial charge in [-0.05, 0) is 18.2 Å². The topological polar surface area (TPSA) is 43.4 Å². The summed E-state index contributed by atoms with van der Waals surface area (Å²) in [6.07, 6.45) is 1.14. The predicted molar refractivity (Wildman–Crippen MR) is 79.2 cm³/mol. The summed E-state index contributed by atoms with van der Waals surface area (Å²) in [6, 6.07) is 8.98. The number of rotatable bonds is 6. The SMILES string of the molecule is COc1ccccc1Oc1ncc(F)cc1CNC(C)C. The molecule has 0 fully saturated rings. The number of ether oxygens (including phenoxy) is 2. The van der Waals surface area contributed by atoms with E-state index in [-0.39, 0.29) is 11.9 Å². The van der Waals surface area contributed by atoms with Crippen LogP contribution in [-0.2, 0) is 6.54 Å². The first kappa shape index (κ1) is 15.3. The maximum Gasteiger partial charge on any atom is 0.224 e. The number of benzene rings is 1. The number of nitrogens with one attached hydrogen (secondary N) is 1. The lowest BCUT2D eigenvalue weighted by atomic mass is 10.2. The molecule has 1 N–H and O–H groups in total. The van der Waals surface area contributed by atoms with E-state index in [1.54, 1.807) is 19.2 Å². The van der Waals surface area contributed by atoms with E-state index >= 15 is 0 Å². The molecule has 0 unspecified atom stereocenters. The first-order valence-electron chi connectivity index (χ1n) is 6.79. The Morgan fingerprint density at radius 3 is 2.62 bits per heavy atom. The van der Waals surface area contributed by atoms with Gasteiger partial charge in [-0.25, -0.2) is 9.37 Å². The van der Waals surface area contributed by atoms with Crippen molar-refractivity contribution in [2.75, 3.05) is 7.11 Å². The minimum Gasteiger partial charge on any atom is -0.493 e. The number of nitrogens with zero attached hydrogens (tertiary/aromatic N) is 1. The van der Waals surface area contributed by atoms with Gasteiger partial charge in [0, 0.05) is 18.2 Å². The molecule has 2 aromatic rings. The van der Waals surface area contributed by atoms with Crippen LogP contribution in [0.25, 0.3) is 0 Å². The van der Waals surface area contributed by atoms with E-state index < -0.39 is 0 Å². The van der Waals surface area contributed by atoms with Crippen molar-refractivity contribution in [3.8, 4) is 17.4 Å². The predicted octanol–water partition coefficient (Wildman–Crippen LogP) is 3.52. The fourth-order valence-corrected chi connectivity index (χ4v) is 1.81. The summed E-state index contributed by atoms with van der Waals surface area (Å²) in [5.41, 5.74) is 0.662. The number of methoxy groups -OCH3 is 1. The third kappa shape index (κ3) is 4.16. The molecule has 0 aliphatic carbocycles. The highest BCUT2D eigenvalue weighted by Crippen LogP contribution is 2.31. The molecular weight excluding hydrogens is 271 g/mol. The molecule has 0 radical (unpaired) electrons. The van der Waals surface area contributed by atoms with Crippen molar-refractivity contribution in [1.29, 1.82) is 0 Å². The van der Waals surface area contributed by atoms with Gasteiger partial charge in [0.05, 0.1) is 13.3 Å². The van der Waals surface area contributed by atoms with Crippen LogP contribution in [0.4, 0.5) is 4.39 Å². The second-order valence-electron chi connectivity index (χ2n) is 4.91. The highest BCUT2D eigenvalue weighted by atomic mass is 19.1. The molecule has 1 heterocycles. The van der Waals surface area contributed by atoms with Crippen molar-refractivity contribution in [2.24, 2.45) is 0 Å². The Morgan fingerprint density at radius 2 is 1.95 bits per heavy atom. The number of aromatic nitrogens is 1. The van der Waals surface area contributed by atoms with Gasteiger partial charge < -0.3 is 14.8 Å². The standard InChI is InChI=1S/C16H19FN2O2/c1-11(2)18-9-12-8-13(17)10-19-16(12)21-15-7-5-4-6-14(15)20-3/h4-8,10-11,18H,9H2,1-3H3. The Morgan fingerprint density at radius 1 is 1.24 bits per heavy atom. The molecule has 1 aromatic carbocycles. The van der Waals surface area contributed by atoms with Gasteiger partial charge in [-0.15, -0.1) is 0 Å². The van der Waals surface area contributed by atoms with E-state index in [1.807, 2.05) is 26.0 Å². The monoisotopic (exact) mass is 290 g/mol. The smallest absolute Gasteiger partial charge is 0.224 e. The number of halogens is 1. The molecule has 112 valence electrons. The van der Waals surface area contributed by atoms with Gasteiger partial charge in [-0.3, -0.25) is 0 Å². The van der Waals surface area contributed by atoms with Crippen LogP contribution in [0.15, 0.2) is 36.5 Å². The first-order valence-corrected chi connectivity index (χ1v) is 6.79. The molecule has 0 aliphatic rings. The average Bonchev–Trinajstić information content (AvgIpc) is 2.48. The zero-order valence-electron chi connectivity index (χ0n) is 12.4. The van der Waals surface area contributed by atoms with Crippen LogP contribution in [0.1, 0.15) is 19.4 Å². The lowest BCUT2D eigenvalue weighted by Gasteiger charge is -2.14. The summed E-state index contributed by atoms with van der Waals surface area (Å²) in [6.45, 7) is 4.52. The van der Waals surface area contributed by atoms with Gasteiger partial charge in [0.25, 0.3) is 0 Å². The Hall–Kier alpha value is -2.14. The van der Waals surface area contributed by atoms with Crippen LogP contribution < -0.4 is 14.8 Å². The highest BCUT2D eigenvalue weighted by molar-refractivity contribution is 5.42. The molecule has 21 heavy (non-hydrogen) atoms. The van der Waals surface area contributed by atoms with Crippen molar-refractivity contribution in [1.82, 2.24) is 10.3 Å². The van der Waals surface area contributed by atoms with E-state index in [2.05, 4.69) is 10.3 Å². The molecule has 0 saturated carbocycles. The molecular formula is C16H19FN2O2. The quantitative estimate of drug-likeness (QED) is 0.884. The third-order valence-electron chi connectivity index (χ3n) is 2.87. The molecule has 0 aliphatic heterocycles. The van der Waals surface area contributed by atoms with Crippen LogP contribution in [-0.4, -0.2) is 18.1 Å². The number of pyridine rings is 1. The Labute approximate surface area is 123 Å². The van der Waals surface area contributed by atoms with Gasteiger partial charge in [0.15, 0.2) is 11.5 Å². The van der Waals surface area contributed by atoms with E-state index in [0.29, 0.717) is 29.5 Å². The van der Waals surface area contributed by atoms with Gasteiger partial charge in [0.1, 0.15) is 5.82 Å². The molecule has 2 rings (SSSR count). The van der Waals surface area contributed by atoms with Gasteiger partial charge in [-0.2, -0.15) is 0 Å². The average molecular weight is 290 g/mol. The zero-order chi connectivity index (χ0) is 15.2. The van der Waals surface area contributed by atoms with Crippen molar-refractivity contribution in [3.05, 3.63) is 47.9 Å². The molecule has 0 atom stereocenters. The maximum absolute atomic E-state index is 13.4. The molecule has 0 spiro atoms. The van der Waals surface area contributed by atoms with Crippen LogP contribution in [0.3, 0.4) is 0 Å². The summed E-state index contributed by atoms with van der Waals surface area (Å²) >= 11 is 0. The molecule has 5 heteroatoms. The third-order valence-corrected chi connectivity index (χ3v) is 2.87. The lowest BCUT2D eigenvalue weighted by Crippen LogP contribution is -2.22. The maximum atomic E-state index is 13.4. The Balaban J connectivity index is 2.26. The van der Waals surface area contributed by atoms with Gasteiger partial charge in [0.2, 0.25) is 5.88 Å². The molecule has 4 nitrogen and oxygen atoms in total. The van der Waals surface area contributed by atoms with Crippen LogP contribution in [0.2, 0.25) is 0 Å². The lowest BCUT2D eigenvalue weighted by molar-refractivity contribution is 0.371. The fraction of sp³-hybridized carbons (Fsp3) is 0.312. The minimum atomic E-state index is -0.386. The summed E-state index contributed by atoms with van der Waals surface area (Å²) in [5, 5.41) is 3.23. The second kappa shape index (κ2) is 7.04. The molecule has 0 amide bonds. The zero-order valence-corrected chi connectivity index (χ0v) is 12.4. The molecule has 0 bridgehead atoms. The normalized spacial score (nSPS) is 10.7. The summed E-state index contributed by atoms with van der Waals surface area (Å²) in [7, 11) is 1.57. The van der Waals surface area contributed by atoms with Crippen molar-refractivity contribution < 1.29 is 13.9 Å². The first-order chi connectivity index (χ1) is 10.1. The second-order valence-corrected chi connectivity index (χ2v) is 4.91. The minimum absolute atomic E-state index is 0.285. The van der Waals surface area contributed by atoms with Crippen molar-refractivity contribution in [2.45, 2.75) is 26.4 Å². The summed E-state index contributed by atoms with van der Waals surface area (Å²) in [4.78, 5) is 4.03. The van der Waals surface area contributed by atoms with E-state index in [0.717, 1.165) is 6.20 Å². The molecule has 1 aromatic heterocycles. The largest absolute Gasteiger partial charge is 0.493 e. The number of para-hydroxylation sites is 2. The van der Waals surface area contributed by atoms with Crippen LogP contribution in [0, 0.1) is 5.82 Å². The highest BCUT2D eigenvalue weighted by Gasteiger charge is 2.11. The summed E-state index contributed by atoms with van der Waals surface area (Å²) in [5.74, 6) is 1.13. The van der Waals surface area contributed by atoms with E-state index in [9.17, 15) is 4.39 Å². The van der Waals surface area contributed by atoms with E-state index in [1.165, 1.54) is 6.07 Å².